The van der Waals surface area contributed by atoms with Crippen molar-refractivity contribution < 1.29 is 23.8 Å². The standard InChI is InChI=1S/C27H21Cl2FN2O5/c1-5-13(3)37-27(36)17-10-18(21(30)11-20(17)29)22-14(4)32(6-2)24(23(25(22)33)26(34)35)15-7-8-16(12-31)19(28)9-15/h5,7-11,13H,1,6H2,2-4H3,(H,34,35). The summed E-state index contributed by atoms with van der Waals surface area (Å²) in [6.07, 6.45) is 0.724. The van der Waals surface area contributed by atoms with Gasteiger partial charge in [-0.15, -0.1) is 0 Å². The molecule has 0 fully saturated rings. The number of nitriles is 1. The van der Waals surface area contributed by atoms with Gasteiger partial charge in [0, 0.05) is 23.4 Å². The highest BCUT2D eigenvalue weighted by atomic mass is 35.5. The zero-order valence-corrected chi connectivity index (χ0v) is 21.6. The number of aromatic carboxylic acids is 1. The molecule has 3 rings (SSSR count). The third-order valence-corrected chi connectivity index (χ3v) is 6.42. The fourth-order valence-electron chi connectivity index (χ4n) is 3.98. The Kier molecular flexibility index (Phi) is 8.22. The van der Waals surface area contributed by atoms with E-state index in [1.165, 1.54) is 35.8 Å². The molecule has 1 heterocycles. The molecule has 1 aromatic heterocycles. The number of hydrogen-bond acceptors (Lipinski definition) is 5. The molecule has 0 saturated heterocycles. The second-order valence-corrected chi connectivity index (χ2v) is 8.84. The van der Waals surface area contributed by atoms with Crippen molar-refractivity contribution in [3.8, 4) is 28.5 Å². The summed E-state index contributed by atoms with van der Waals surface area (Å²) in [5.41, 5.74) is -1.60. The van der Waals surface area contributed by atoms with Gasteiger partial charge < -0.3 is 14.4 Å². The fourth-order valence-corrected chi connectivity index (χ4v) is 4.43. The van der Waals surface area contributed by atoms with Crippen molar-refractivity contribution >= 4 is 35.1 Å². The Hall–Kier alpha value is -3.93. The first-order valence-electron chi connectivity index (χ1n) is 11.0. The lowest BCUT2D eigenvalue weighted by molar-refractivity contribution is 0.0425. The number of halogens is 3. The van der Waals surface area contributed by atoms with Crippen LogP contribution in [0, 0.1) is 24.1 Å². The molecule has 3 aromatic rings. The number of benzene rings is 2. The van der Waals surface area contributed by atoms with Gasteiger partial charge in [0.2, 0.25) is 5.43 Å². The molecule has 0 spiro atoms. The molecular formula is C27H21Cl2FN2O5. The molecule has 0 aliphatic carbocycles. The van der Waals surface area contributed by atoms with Crippen molar-refractivity contribution in [2.45, 2.75) is 33.4 Å². The monoisotopic (exact) mass is 542 g/mol. The van der Waals surface area contributed by atoms with Gasteiger partial charge >= 0.3 is 11.9 Å². The summed E-state index contributed by atoms with van der Waals surface area (Å²) in [6.45, 7) is 8.56. The van der Waals surface area contributed by atoms with E-state index in [0.29, 0.717) is 0 Å². The van der Waals surface area contributed by atoms with E-state index in [1.54, 1.807) is 13.8 Å². The van der Waals surface area contributed by atoms with E-state index < -0.39 is 34.9 Å². The van der Waals surface area contributed by atoms with Gasteiger partial charge in [0.15, 0.2) is 0 Å². The zero-order valence-electron chi connectivity index (χ0n) is 20.1. The largest absolute Gasteiger partial charge is 0.477 e. The van der Waals surface area contributed by atoms with Crippen LogP contribution in [0.3, 0.4) is 0 Å². The van der Waals surface area contributed by atoms with Crippen LogP contribution in [0.5, 0.6) is 0 Å². The van der Waals surface area contributed by atoms with Crippen LogP contribution in [0.25, 0.3) is 22.4 Å². The number of carbonyl (C=O) groups is 2. The molecule has 0 aliphatic heterocycles. The number of carboxylic acids is 1. The Balaban J connectivity index is 2.40. The first-order chi connectivity index (χ1) is 17.5. The highest BCUT2D eigenvalue weighted by molar-refractivity contribution is 6.33. The number of hydrogen-bond donors (Lipinski definition) is 1. The average molecular weight is 543 g/mol. The van der Waals surface area contributed by atoms with Gasteiger partial charge in [0.1, 0.15) is 23.6 Å². The van der Waals surface area contributed by atoms with Crippen molar-refractivity contribution in [1.82, 2.24) is 4.57 Å². The molecule has 0 aliphatic rings. The van der Waals surface area contributed by atoms with Crippen LogP contribution in [0.15, 0.2) is 47.8 Å². The van der Waals surface area contributed by atoms with Crippen LogP contribution < -0.4 is 5.43 Å². The maximum atomic E-state index is 15.2. The topological polar surface area (TPSA) is 109 Å². The van der Waals surface area contributed by atoms with Crippen LogP contribution in [0.2, 0.25) is 10.0 Å². The molecule has 2 aromatic carbocycles. The lowest BCUT2D eigenvalue weighted by Crippen LogP contribution is -2.25. The van der Waals surface area contributed by atoms with E-state index in [2.05, 4.69) is 6.58 Å². The molecule has 1 unspecified atom stereocenters. The summed E-state index contributed by atoms with van der Waals surface area (Å²) in [6, 6.07) is 8.15. The molecule has 1 N–H and O–H groups in total. The lowest BCUT2D eigenvalue weighted by atomic mass is 9.94. The van der Waals surface area contributed by atoms with E-state index in [4.69, 9.17) is 27.9 Å². The van der Waals surface area contributed by atoms with Gasteiger partial charge in [-0.05, 0) is 45.0 Å². The predicted octanol–water partition coefficient (Wildman–Crippen LogP) is 6.26. The number of carbonyl (C=O) groups excluding carboxylic acids is 1. The predicted molar refractivity (Wildman–Crippen MR) is 139 cm³/mol. The van der Waals surface area contributed by atoms with Crippen molar-refractivity contribution in [2.75, 3.05) is 0 Å². The molecule has 190 valence electrons. The van der Waals surface area contributed by atoms with Crippen LogP contribution in [-0.4, -0.2) is 27.7 Å². The van der Waals surface area contributed by atoms with Gasteiger partial charge in [-0.2, -0.15) is 5.26 Å². The zero-order chi connectivity index (χ0) is 27.6. The molecule has 0 amide bonds. The third kappa shape index (κ3) is 5.15. The van der Waals surface area contributed by atoms with E-state index in [9.17, 15) is 24.8 Å². The average Bonchev–Trinajstić information content (AvgIpc) is 2.84. The summed E-state index contributed by atoms with van der Waals surface area (Å²) in [5.74, 6) is -3.33. The van der Waals surface area contributed by atoms with Crippen LogP contribution >= 0.6 is 23.2 Å². The number of nitrogens with zero attached hydrogens (tertiary/aromatic N) is 2. The maximum absolute atomic E-state index is 15.2. The second-order valence-electron chi connectivity index (χ2n) is 8.03. The van der Waals surface area contributed by atoms with Gasteiger partial charge in [-0.3, -0.25) is 4.79 Å². The molecular weight excluding hydrogens is 522 g/mol. The molecule has 10 heteroatoms. The van der Waals surface area contributed by atoms with Crippen LogP contribution in [0.4, 0.5) is 4.39 Å². The lowest BCUT2D eigenvalue weighted by Gasteiger charge is -2.22. The summed E-state index contributed by atoms with van der Waals surface area (Å²) in [7, 11) is 0. The Morgan fingerprint density at radius 2 is 1.95 bits per heavy atom. The Morgan fingerprint density at radius 1 is 1.27 bits per heavy atom. The van der Waals surface area contributed by atoms with Crippen molar-refractivity contribution in [1.29, 1.82) is 5.26 Å². The van der Waals surface area contributed by atoms with E-state index >= 15 is 4.39 Å². The minimum Gasteiger partial charge on any atom is -0.477 e. The maximum Gasteiger partial charge on any atom is 0.341 e. The van der Waals surface area contributed by atoms with Crippen LogP contribution in [0.1, 0.15) is 45.8 Å². The highest BCUT2D eigenvalue weighted by Crippen LogP contribution is 2.34. The van der Waals surface area contributed by atoms with Gasteiger partial charge in [0.25, 0.3) is 0 Å². The number of carboxylic acid groups (broad SMARTS) is 1. The van der Waals surface area contributed by atoms with E-state index in [1.807, 2.05) is 6.07 Å². The first-order valence-corrected chi connectivity index (χ1v) is 11.8. The normalized spacial score (nSPS) is 11.5. The fraction of sp³-hybridized carbons (Fsp3) is 0.185. The molecule has 1 atom stereocenters. The van der Waals surface area contributed by atoms with Crippen molar-refractivity contribution in [3.05, 3.63) is 91.5 Å². The first kappa shape index (κ1) is 27.7. The number of esters is 1. The number of ether oxygens (including phenoxy) is 1. The molecule has 0 saturated carbocycles. The molecule has 7 nitrogen and oxygen atoms in total. The summed E-state index contributed by atoms with van der Waals surface area (Å²) in [4.78, 5) is 38.6. The number of rotatable bonds is 7. The summed E-state index contributed by atoms with van der Waals surface area (Å²) < 4.78 is 21.9. The number of aromatic nitrogens is 1. The number of pyridine rings is 1. The van der Waals surface area contributed by atoms with Gasteiger partial charge in [-0.1, -0.05) is 41.9 Å². The Labute approximate surface area is 221 Å². The smallest absolute Gasteiger partial charge is 0.341 e. The molecule has 0 bridgehead atoms. The Bertz CT molecular complexity index is 1560. The van der Waals surface area contributed by atoms with Crippen molar-refractivity contribution in [2.24, 2.45) is 0 Å². The highest BCUT2D eigenvalue weighted by Gasteiger charge is 2.28. The van der Waals surface area contributed by atoms with Crippen LogP contribution in [-0.2, 0) is 11.3 Å². The van der Waals surface area contributed by atoms with Gasteiger partial charge in [-0.25, -0.2) is 14.0 Å². The molecule has 0 radical (unpaired) electrons. The summed E-state index contributed by atoms with van der Waals surface area (Å²) >= 11 is 12.3. The minimum atomic E-state index is -1.54. The van der Waals surface area contributed by atoms with Crippen molar-refractivity contribution in [3.63, 3.8) is 0 Å². The van der Waals surface area contributed by atoms with E-state index in [-0.39, 0.29) is 55.8 Å². The second kappa shape index (κ2) is 11.0. The van der Waals surface area contributed by atoms with Gasteiger partial charge in [0.05, 0.1) is 32.4 Å². The molecule has 37 heavy (non-hydrogen) atoms. The Morgan fingerprint density at radius 3 is 2.49 bits per heavy atom. The SMILES string of the molecule is C=CC(C)OC(=O)c1cc(-c2c(C)n(CC)c(-c3ccc(C#N)c(Cl)c3)c(C(=O)O)c2=O)c(F)cc1Cl. The quantitative estimate of drug-likeness (QED) is 0.278. The van der Waals surface area contributed by atoms with E-state index in [0.717, 1.165) is 12.1 Å². The third-order valence-electron chi connectivity index (χ3n) is 5.79. The minimum absolute atomic E-state index is 0.0430. The summed E-state index contributed by atoms with van der Waals surface area (Å²) in [5, 5.41) is 19.1.